The maximum absolute atomic E-state index is 13.5. The topological polar surface area (TPSA) is 75.7 Å². The molecule has 0 bridgehead atoms. The van der Waals surface area contributed by atoms with E-state index in [1.807, 2.05) is 26.0 Å². The minimum absolute atomic E-state index is 0.0944. The Morgan fingerprint density at radius 1 is 1.00 bits per heavy atom. The second-order valence-corrected chi connectivity index (χ2v) is 9.84. The van der Waals surface area contributed by atoms with E-state index in [-0.39, 0.29) is 4.90 Å². The average molecular weight is 503 g/mol. The molecular formula is C23H23BrN2O4S. The molecule has 0 unspecified atom stereocenters. The van der Waals surface area contributed by atoms with Crippen molar-refractivity contribution in [1.29, 1.82) is 0 Å². The SMILES string of the molecule is COc1ccc(C)cc1N(CC(=O)Nc1cccc(Br)c1)S(=O)(=O)c1ccc(C)cc1. The Labute approximate surface area is 191 Å². The number of halogens is 1. The second kappa shape index (κ2) is 9.53. The Morgan fingerprint density at radius 2 is 1.68 bits per heavy atom. The van der Waals surface area contributed by atoms with Gasteiger partial charge in [0, 0.05) is 10.2 Å². The van der Waals surface area contributed by atoms with Crippen molar-refractivity contribution in [3.05, 3.63) is 82.3 Å². The van der Waals surface area contributed by atoms with E-state index in [2.05, 4.69) is 21.2 Å². The quantitative estimate of drug-likeness (QED) is 0.497. The van der Waals surface area contributed by atoms with Crippen LogP contribution in [-0.2, 0) is 14.8 Å². The van der Waals surface area contributed by atoms with E-state index in [9.17, 15) is 13.2 Å². The van der Waals surface area contributed by atoms with Gasteiger partial charge in [-0.05, 0) is 61.9 Å². The molecule has 0 radical (unpaired) electrons. The number of methoxy groups -OCH3 is 1. The molecule has 0 aromatic heterocycles. The third kappa shape index (κ3) is 5.45. The molecule has 0 heterocycles. The van der Waals surface area contributed by atoms with E-state index in [4.69, 9.17) is 4.74 Å². The molecule has 3 rings (SSSR count). The van der Waals surface area contributed by atoms with Gasteiger partial charge in [-0.3, -0.25) is 9.10 Å². The predicted octanol–water partition coefficient (Wildman–Crippen LogP) is 4.91. The third-order valence-electron chi connectivity index (χ3n) is 4.61. The summed E-state index contributed by atoms with van der Waals surface area (Å²) in [5, 5.41) is 2.75. The van der Waals surface area contributed by atoms with Crippen molar-refractivity contribution in [1.82, 2.24) is 0 Å². The molecule has 6 nitrogen and oxygen atoms in total. The Balaban J connectivity index is 2.03. The molecule has 31 heavy (non-hydrogen) atoms. The van der Waals surface area contributed by atoms with Crippen molar-refractivity contribution < 1.29 is 17.9 Å². The molecule has 8 heteroatoms. The van der Waals surface area contributed by atoms with Crippen LogP contribution in [0.1, 0.15) is 11.1 Å². The van der Waals surface area contributed by atoms with Gasteiger partial charge in [-0.1, -0.05) is 45.8 Å². The van der Waals surface area contributed by atoms with Crippen molar-refractivity contribution in [2.75, 3.05) is 23.3 Å². The molecule has 0 spiro atoms. The van der Waals surface area contributed by atoms with Gasteiger partial charge in [-0.25, -0.2) is 8.42 Å². The summed E-state index contributed by atoms with van der Waals surface area (Å²) in [6.45, 7) is 3.31. The average Bonchev–Trinajstić information content (AvgIpc) is 2.72. The van der Waals surface area contributed by atoms with Gasteiger partial charge >= 0.3 is 0 Å². The lowest BCUT2D eigenvalue weighted by molar-refractivity contribution is -0.114. The van der Waals surface area contributed by atoms with Crippen molar-refractivity contribution in [3.8, 4) is 5.75 Å². The van der Waals surface area contributed by atoms with Gasteiger partial charge in [0.15, 0.2) is 0 Å². The first-order valence-corrected chi connectivity index (χ1v) is 11.7. The van der Waals surface area contributed by atoms with E-state index < -0.39 is 22.5 Å². The highest BCUT2D eigenvalue weighted by atomic mass is 79.9. The van der Waals surface area contributed by atoms with Crippen LogP contribution in [0, 0.1) is 13.8 Å². The van der Waals surface area contributed by atoms with Crippen LogP contribution in [-0.4, -0.2) is 28.0 Å². The van der Waals surface area contributed by atoms with Crippen LogP contribution in [0.15, 0.2) is 76.1 Å². The maximum atomic E-state index is 13.5. The van der Waals surface area contributed by atoms with Crippen LogP contribution in [0.4, 0.5) is 11.4 Å². The van der Waals surface area contributed by atoms with Crippen LogP contribution in [0.3, 0.4) is 0 Å². The molecule has 0 fully saturated rings. The van der Waals surface area contributed by atoms with Crippen molar-refractivity contribution in [2.45, 2.75) is 18.7 Å². The summed E-state index contributed by atoms with van der Waals surface area (Å²) in [6, 6.07) is 18.8. The zero-order valence-corrected chi connectivity index (χ0v) is 19.8. The Bertz CT molecular complexity index is 1190. The highest BCUT2D eigenvalue weighted by Gasteiger charge is 2.29. The first kappa shape index (κ1) is 22.8. The fourth-order valence-electron chi connectivity index (χ4n) is 3.03. The minimum atomic E-state index is -4.03. The van der Waals surface area contributed by atoms with Gasteiger partial charge in [0.1, 0.15) is 12.3 Å². The molecule has 0 saturated heterocycles. The Kier molecular flexibility index (Phi) is 7.02. The summed E-state index contributed by atoms with van der Waals surface area (Å²) < 4.78 is 34.4. The van der Waals surface area contributed by atoms with Gasteiger partial charge < -0.3 is 10.1 Å². The standard InChI is InChI=1S/C23H23BrN2O4S/c1-16-7-10-20(11-8-16)31(28,29)26(21-13-17(2)9-12-22(21)30-3)15-23(27)25-19-6-4-5-18(24)14-19/h4-14H,15H2,1-3H3,(H,25,27). The summed E-state index contributed by atoms with van der Waals surface area (Å²) in [5.41, 5.74) is 2.63. The van der Waals surface area contributed by atoms with Crippen LogP contribution in [0.2, 0.25) is 0 Å². The lowest BCUT2D eigenvalue weighted by Crippen LogP contribution is -2.38. The molecule has 1 amide bonds. The summed E-state index contributed by atoms with van der Waals surface area (Å²) in [6.07, 6.45) is 0. The number of sulfonamides is 1. The van der Waals surface area contributed by atoms with Crippen molar-refractivity contribution >= 4 is 43.2 Å². The summed E-state index contributed by atoms with van der Waals surface area (Å²) in [7, 11) is -2.57. The summed E-state index contributed by atoms with van der Waals surface area (Å²) >= 11 is 3.36. The number of amides is 1. The molecule has 0 aliphatic carbocycles. The third-order valence-corrected chi connectivity index (χ3v) is 6.87. The molecule has 0 aliphatic rings. The molecular weight excluding hydrogens is 480 g/mol. The number of hydrogen-bond acceptors (Lipinski definition) is 4. The minimum Gasteiger partial charge on any atom is -0.495 e. The Morgan fingerprint density at radius 3 is 2.32 bits per heavy atom. The number of ether oxygens (including phenoxy) is 1. The van der Waals surface area contributed by atoms with Gasteiger partial charge in [0.2, 0.25) is 5.91 Å². The number of nitrogens with one attached hydrogen (secondary N) is 1. The van der Waals surface area contributed by atoms with E-state index in [1.54, 1.807) is 42.5 Å². The first-order valence-electron chi connectivity index (χ1n) is 9.50. The molecule has 1 N–H and O–H groups in total. The van der Waals surface area contributed by atoms with E-state index in [1.165, 1.54) is 19.2 Å². The number of hydrogen-bond donors (Lipinski definition) is 1. The first-order chi connectivity index (χ1) is 14.7. The van der Waals surface area contributed by atoms with Crippen molar-refractivity contribution in [2.24, 2.45) is 0 Å². The second-order valence-electron chi connectivity index (χ2n) is 7.06. The summed E-state index contributed by atoms with van der Waals surface area (Å²) in [4.78, 5) is 12.9. The summed E-state index contributed by atoms with van der Waals surface area (Å²) in [5.74, 6) is -0.117. The van der Waals surface area contributed by atoms with E-state index in [0.29, 0.717) is 17.1 Å². The zero-order valence-electron chi connectivity index (χ0n) is 17.4. The predicted molar refractivity (Wildman–Crippen MR) is 126 cm³/mol. The maximum Gasteiger partial charge on any atom is 0.264 e. The largest absolute Gasteiger partial charge is 0.495 e. The molecule has 0 aliphatic heterocycles. The van der Waals surface area contributed by atoms with Gasteiger partial charge in [-0.15, -0.1) is 0 Å². The normalized spacial score (nSPS) is 11.1. The number of benzene rings is 3. The van der Waals surface area contributed by atoms with Gasteiger partial charge in [-0.2, -0.15) is 0 Å². The highest BCUT2D eigenvalue weighted by molar-refractivity contribution is 9.10. The Hall–Kier alpha value is -2.84. The van der Waals surface area contributed by atoms with Crippen LogP contribution >= 0.6 is 15.9 Å². The smallest absolute Gasteiger partial charge is 0.264 e. The number of carbonyl (C=O) groups excluding carboxylic acids is 1. The molecule has 0 atom stereocenters. The number of rotatable bonds is 7. The molecule has 3 aromatic rings. The molecule has 3 aromatic carbocycles. The molecule has 0 saturated carbocycles. The number of carbonyl (C=O) groups is 1. The monoisotopic (exact) mass is 502 g/mol. The lowest BCUT2D eigenvalue weighted by atomic mass is 10.2. The van der Waals surface area contributed by atoms with Crippen LogP contribution < -0.4 is 14.4 Å². The van der Waals surface area contributed by atoms with Crippen LogP contribution in [0.5, 0.6) is 5.75 Å². The number of nitrogens with zero attached hydrogens (tertiary/aromatic N) is 1. The fraction of sp³-hybridized carbons (Fsp3) is 0.174. The number of aryl methyl sites for hydroxylation is 2. The van der Waals surface area contributed by atoms with Crippen molar-refractivity contribution in [3.63, 3.8) is 0 Å². The molecule has 162 valence electrons. The fourth-order valence-corrected chi connectivity index (χ4v) is 4.85. The van der Waals surface area contributed by atoms with E-state index >= 15 is 0 Å². The van der Waals surface area contributed by atoms with Crippen LogP contribution in [0.25, 0.3) is 0 Å². The van der Waals surface area contributed by atoms with E-state index in [0.717, 1.165) is 19.9 Å². The number of anilines is 2. The van der Waals surface area contributed by atoms with Gasteiger partial charge in [0.05, 0.1) is 17.7 Å². The lowest BCUT2D eigenvalue weighted by Gasteiger charge is -2.26. The highest BCUT2D eigenvalue weighted by Crippen LogP contribution is 2.33. The van der Waals surface area contributed by atoms with Gasteiger partial charge in [0.25, 0.3) is 10.0 Å². The zero-order chi connectivity index (χ0) is 22.6.